The summed E-state index contributed by atoms with van der Waals surface area (Å²) in [5, 5.41) is 13.4. The predicted molar refractivity (Wildman–Crippen MR) is 150 cm³/mol. The van der Waals surface area contributed by atoms with Gasteiger partial charge in [-0.3, -0.25) is 9.78 Å². The zero-order valence-electron chi connectivity index (χ0n) is 21.7. The largest absolute Gasteiger partial charge is 0.497 e. The van der Waals surface area contributed by atoms with Crippen LogP contribution in [0, 0.1) is 0 Å². The summed E-state index contributed by atoms with van der Waals surface area (Å²) in [7, 11) is 3.20. The summed E-state index contributed by atoms with van der Waals surface area (Å²) in [6, 6.07) is 22.6. The number of allylic oxidation sites excluding steroid dienone is 1. The minimum Gasteiger partial charge on any atom is -0.497 e. The number of nitrogens with zero attached hydrogens (tertiary/aromatic N) is 4. The molecule has 0 fully saturated rings. The van der Waals surface area contributed by atoms with Crippen LogP contribution in [0.4, 0.5) is 11.6 Å². The lowest BCUT2D eigenvalue weighted by Gasteiger charge is -2.29. The second-order valence-electron chi connectivity index (χ2n) is 9.10. The molecule has 39 heavy (non-hydrogen) atoms. The van der Waals surface area contributed by atoms with E-state index in [1.807, 2.05) is 49.4 Å². The van der Waals surface area contributed by atoms with Gasteiger partial charge in [0.15, 0.2) is 5.82 Å². The first-order valence-corrected chi connectivity index (χ1v) is 12.4. The normalized spacial score (nSPS) is 14.5. The maximum atomic E-state index is 13.8. The van der Waals surface area contributed by atoms with E-state index in [0.29, 0.717) is 45.8 Å². The zero-order valence-corrected chi connectivity index (χ0v) is 21.7. The molecule has 0 saturated heterocycles. The molecular formula is C30H26N6O3. The Kier molecular flexibility index (Phi) is 6.16. The fraction of sp³-hybridized carbons (Fsp3) is 0.133. The number of ether oxygens (including phenoxy) is 2. The number of nitrogens with one attached hydrogen (secondary N) is 2. The minimum atomic E-state index is -0.654. The molecule has 0 spiro atoms. The van der Waals surface area contributed by atoms with Gasteiger partial charge in [0.25, 0.3) is 5.91 Å². The summed E-state index contributed by atoms with van der Waals surface area (Å²) in [5.41, 5.74) is 3.31. The summed E-state index contributed by atoms with van der Waals surface area (Å²) >= 11 is 0. The Morgan fingerprint density at radius 1 is 1.00 bits per heavy atom. The predicted octanol–water partition coefficient (Wildman–Crippen LogP) is 5.44. The van der Waals surface area contributed by atoms with Gasteiger partial charge < -0.3 is 20.1 Å². The molecule has 9 heteroatoms. The Morgan fingerprint density at radius 3 is 2.64 bits per heavy atom. The Labute approximate surface area is 225 Å². The molecule has 5 aromatic rings. The van der Waals surface area contributed by atoms with E-state index in [4.69, 9.17) is 19.6 Å². The number of anilines is 2. The Morgan fingerprint density at radius 2 is 1.85 bits per heavy atom. The van der Waals surface area contributed by atoms with E-state index in [9.17, 15) is 4.79 Å². The average Bonchev–Trinajstić information content (AvgIpc) is 3.39. The zero-order chi connectivity index (χ0) is 26.9. The quantitative estimate of drug-likeness (QED) is 0.309. The number of pyridine rings is 1. The highest BCUT2D eigenvalue weighted by Crippen LogP contribution is 2.42. The number of methoxy groups -OCH3 is 2. The lowest BCUT2D eigenvalue weighted by atomic mass is 9.94. The Hall–Kier alpha value is -5.18. The van der Waals surface area contributed by atoms with Crippen molar-refractivity contribution in [1.29, 1.82) is 0 Å². The van der Waals surface area contributed by atoms with Crippen molar-refractivity contribution in [1.82, 2.24) is 19.7 Å². The van der Waals surface area contributed by atoms with Crippen LogP contribution in [0.1, 0.15) is 18.5 Å². The highest BCUT2D eigenvalue weighted by atomic mass is 16.5. The summed E-state index contributed by atoms with van der Waals surface area (Å²) in [5.74, 6) is 1.99. The van der Waals surface area contributed by atoms with Gasteiger partial charge in [0.2, 0.25) is 5.95 Å². The maximum absolute atomic E-state index is 13.8. The monoisotopic (exact) mass is 518 g/mol. The van der Waals surface area contributed by atoms with Crippen molar-refractivity contribution in [2.75, 3.05) is 24.9 Å². The summed E-state index contributed by atoms with van der Waals surface area (Å²) in [6.07, 6.45) is 3.26. The van der Waals surface area contributed by atoms with Crippen LogP contribution in [0.2, 0.25) is 0 Å². The molecule has 2 N–H and O–H groups in total. The highest BCUT2D eigenvalue weighted by Gasteiger charge is 2.36. The van der Waals surface area contributed by atoms with Gasteiger partial charge in [-0.05, 0) is 48.0 Å². The molecule has 0 bridgehead atoms. The lowest BCUT2D eigenvalue weighted by molar-refractivity contribution is -0.113. The standard InChI is InChI=1S/C30H26N6O3/c1-18-26(29(37)33-20-10-7-15-31-17-20)27(24-16-21(38-2)13-14-25(24)39-3)36-30(32-18)34-28(35-36)23-12-6-9-19-8-4-5-11-22(19)23/h4-17,27H,1-3H3,(H,33,37)(H,32,34,35). The third kappa shape index (κ3) is 4.33. The Balaban J connectivity index is 1.53. The number of aromatic nitrogens is 4. The number of benzene rings is 3. The van der Waals surface area contributed by atoms with E-state index in [1.54, 1.807) is 43.4 Å². The molecular weight excluding hydrogens is 492 g/mol. The Bertz CT molecular complexity index is 1720. The fourth-order valence-electron chi connectivity index (χ4n) is 4.96. The molecule has 0 aliphatic carbocycles. The SMILES string of the molecule is COc1ccc(OC)c(C2C(C(=O)Nc3cccnc3)=C(C)Nc3nc(-c4cccc5ccccc45)nn32)c1. The molecule has 1 aliphatic heterocycles. The molecule has 0 radical (unpaired) electrons. The first-order valence-electron chi connectivity index (χ1n) is 12.4. The van der Waals surface area contributed by atoms with E-state index in [2.05, 4.69) is 33.8 Å². The van der Waals surface area contributed by atoms with E-state index in [-0.39, 0.29) is 5.91 Å². The van der Waals surface area contributed by atoms with Crippen LogP contribution in [0.5, 0.6) is 11.5 Å². The van der Waals surface area contributed by atoms with Gasteiger partial charge in [-0.25, -0.2) is 4.68 Å². The van der Waals surface area contributed by atoms with Crippen LogP contribution >= 0.6 is 0 Å². The van der Waals surface area contributed by atoms with Gasteiger partial charge in [-0.1, -0.05) is 42.5 Å². The van der Waals surface area contributed by atoms with Gasteiger partial charge in [-0.15, -0.1) is 5.10 Å². The van der Waals surface area contributed by atoms with Crippen LogP contribution in [-0.2, 0) is 4.79 Å². The third-order valence-corrected chi connectivity index (χ3v) is 6.78. The van der Waals surface area contributed by atoms with Crippen molar-refractivity contribution in [3.8, 4) is 22.9 Å². The number of carbonyl (C=O) groups is 1. The first-order chi connectivity index (χ1) is 19.1. The molecule has 3 aromatic carbocycles. The summed E-state index contributed by atoms with van der Waals surface area (Å²) in [4.78, 5) is 22.8. The molecule has 3 heterocycles. The molecule has 1 amide bonds. The third-order valence-electron chi connectivity index (χ3n) is 6.78. The fourth-order valence-corrected chi connectivity index (χ4v) is 4.96. The molecule has 194 valence electrons. The molecule has 1 unspecified atom stereocenters. The molecule has 1 aliphatic rings. The number of hydrogen-bond acceptors (Lipinski definition) is 7. The maximum Gasteiger partial charge on any atom is 0.255 e. The van der Waals surface area contributed by atoms with Crippen LogP contribution in [0.3, 0.4) is 0 Å². The van der Waals surface area contributed by atoms with Crippen molar-refractivity contribution >= 4 is 28.3 Å². The van der Waals surface area contributed by atoms with Crippen molar-refractivity contribution < 1.29 is 14.3 Å². The van der Waals surface area contributed by atoms with Gasteiger partial charge in [0.1, 0.15) is 17.5 Å². The second kappa shape index (κ2) is 9.94. The molecule has 1 atom stereocenters. The van der Waals surface area contributed by atoms with Crippen molar-refractivity contribution in [3.05, 3.63) is 102 Å². The van der Waals surface area contributed by atoms with E-state index in [0.717, 1.165) is 16.3 Å². The number of carbonyl (C=O) groups excluding carboxylic acids is 1. The van der Waals surface area contributed by atoms with Crippen molar-refractivity contribution in [3.63, 3.8) is 0 Å². The van der Waals surface area contributed by atoms with E-state index >= 15 is 0 Å². The van der Waals surface area contributed by atoms with Crippen LogP contribution in [0.25, 0.3) is 22.2 Å². The van der Waals surface area contributed by atoms with Crippen LogP contribution in [0.15, 0.2) is 96.5 Å². The molecule has 9 nitrogen and oxygen atoms in total. The van der Waals surface area contributed by atoms with Crippen molar-refractivity contribution in [2.24, 2.45) is 0 Å². The molecule has 2 aromatic heterocycles. The first kappa shape index (κ1) is 24.2. The van der Waals surface area contributed by atoms with E-state index in [1.165, 1.54) is 0 Å². The molecule has 6 rings (SSSR count). The van der Waals surface area contributed by atoms with Gasteiger partial charge in [-0.2, -0.15) is 4.98 Å². The number of fused-ring (bicyclic) bond motifs is 2. The van der Waals surface area contributed by atoms with Crippen LogP contribution in [-0.4, -0.2) is 39.9 Å². The smallest absolute Gasteiger partial charge is 0.255 e. The van der Waals surface area contributed by atoms with E-state index < -0.39 is 6.04 Å². The van der Waals surface area contributed by atoms with Crippen molar-refractivity contribution in [2.45, 2.75) is 13.0 Å². The highest BCUT2D eigenvalue weighted by molar-refractivity contribution is 6.06. The lowest BCUT2D eigenvalue weighted by Crippen LogP contribution is -2.31. The molecule has 0 saturated carbocycles. The van der Waals surface area contributed by atoms with Gasteiger partial charge in [0, 0.05) is 23.0 Å². The van der Waals surface area contributed by atoms with Gasteiger partial charge >= 0.3 is 0 Å². The topological polar surface area (TPSA) is 103 Å². The van der Waals surface area contributed by atoms with Crippen LogP contribution < -0.4 is 20.1 Å². The minimum absolute atomic E-state index is 0.296. The number of amides is 1. The number of hydrogen-bond donors (Lipinski definition) is 2. The number of rotatable bonds is 6. The summed E-state index contributed by atoms with van der Waals surface area (Å²) < 4.78 is 13.0. The van der Waals surface area contributed by atoms with Gasteiger partial charge in [0.05, 0.1) is 31.7 Å². The second-order valence-corrected chi connectivity index (χ2v) is 9.10. The average molecular weight is 519 g/mol. The summed E-state index contributed by atoms with van der Waals surface area (Å²) in [6.45, 7) is 1.85.